The van der Waals surface area contributed by atoms with Crippen molar-refractivity contribution in [1.29, 1.82) is 0 Å². The number of amides is 1. The fraction of sp³-hybridized carbons (Fsp3) is 0.314. The summed E-state index contributed by atoms with van der Waals surface area (Å²) in [7, 11) is -5.26. The van der Waals surface area contributed by atoms with E-state index in [4.69, 9.17) is 0 Å². The number of nitrogens with zero attached hydrogens (tertiary/aromatic N) is 5. The Morgan fingerprint density at radius 2 is 1.54 bits per heavy atom. The Labute approximate surface area is 419 Å². The maximum atomic E-state index is 14.0. The molecule has 2 aliphatic rings. The number of hydrogen-bond acceptors (Lipinski definition) is 13. The van der Waals surface area contributed by atoms with E-state index in [9.17, 15) is 41.2 Å². The van der Waals surface area contributed by atoms with Crippen LogP contribution in [0.1, 0.15) is 35.3 Å². The highest BCUT2D eigenvalue weighted by Crippen LogP contribution is 2.40. The fourth-order valence-corrected chi connectivity index (χ4v) is 11.5. The van der Waals surface area contributed by atoms with Crippen molar-refractivity contribution < 1.29 is 36.1 Å². The number of rotatable bonds is 19. The number of halogens is 1. The second-order valence-electron chi connectivity index (χ2n) is 17.7. The van der Waals surface area contributed by atoms with Crippen LogP contribution in [0, 0.1) is 22.9 Å². The van der Waals surface area contributed by atoms with Crippen LogP contribution in [0.15, 0.2) is 131 Å². The molecule has 0 unspecified atom stereocenters. The highest BCUT2D eigenvalue weighted by Gasteiger charge is 2.28. The van der Waals surface area contributed by atoms with Gasteiger partial charge in [-0.05, 0) is 122 Å². The van der Waals surface area contributed by atoms with Crippen molar-refractivity contribution in [2.24, 2.45) is 7.05 Å². The number of anilines is 4. The van der Waals surface area contributed by atoms with Crippen LogP contribution in [0.4, 0.5) is 32.8 Å². The molecule has 2 aliphatic heterocycles. The van der Waals surface area contributed by atoms with Crippen molar-refractivity contribution in [3.05, 3.63) is 149 Å². The second-order valence-corrected chi connectivity index (χ2v) is 21.4. The number of nitro groups is 1. The number of aliphatic hydroxyl groups excluding tert-OH is 1. The number of nitro benzene ring substituents is 1. The van der Waals surface area contributed by atoms with Gasteiger partial charge in [-0.3, -0.25) is 19.6 Å². The lowest BCUT2D eigenvalue weighted by Crippen LogP contribution is -2.46. The van der Waals surface area contributed by atoms with E-state index in [1.54, 1.807) is 43.0 Å². The molecule has 0 spiro atoms. The van der Waals surface area contributed by atoms with Crippen LogP contribution in [0.2, 0.25) is 0 Å². The largest absolute Gasteiger partial charge is 0.393 e. The summed E-state index contributed by atoms with van der Waals surface area (Å²) >= 11 is 1.64. The Morgan fingerprint density at radius 3 is 2.20 bits per heavy atom. The average Bonchev–Trinajstić information content (AvgIpc) is 3.64. The van der Waals surface area contributed by atoms with Crippen LogP contribution in [-0.4, -0.2) is 112 Å². The number of carbonyl (C=O) groups is 1. The van der Waals surface area contributed by atoms with Gasteiger partial charge >= 0.3 is 0 Å². The van der Waals surface area contributed by atoms with Crippen LogP contribution in [0.5, 0.6) is 0 Å². The first-order chi connectivity index (χ1) is 34.1. The van der Waals surface area contributed by atoms with Crippen LogP contribution < -0.4 is 25.2 Å². The van der Waals surface area contributed by atoms with Crippen LogP contribution in [0.25, 0.3) is 22.4 Å². The summed E-state index contributed by atoms with van der Waals surface area (Å²) in [6.45, 7) is 6.65. The predicted molar refractivity (Wildman–Crippen MR) is 279 cm³/mol. The molecule has 2 saturated heterocycles. The summed E-state index contributed by atoms with van der Waals surface area (Å²) in [5.41, 5.74) is 5.60. The Kier molecular flexibility index (Phi) is 16.3. The summed E-state index contributed by atoms with van der Waals surface area (Å²) in [4.78, 5) is 33.0. The molecule has 4 N–H and O–H groups in total. The Bertz CT molecular complexity index is 3020. The van der Waals surface area contributed by atoms with Crippen molar-refractivity contribution in [1.82, 2.24) is 14.8 Å². The van der Waals surface area contributed by atoms with E-state index >= 15 is 0 Å². The SMILES string of the molecule is Cc1c(C(=O)NC[SH](=O)=O)c(-c2cccc(N3CCN(c4ccc(NS(=O)(=O)c5ccc(N[C@H](CCN6CCC(O)CC6)CSc6ccccc6)c([N+](=O)[O-])c5)cc4)CC3)c2)c(-c2ccc(F)cc2)n1C. The molecule has 5 aromatic carbocycles. The van der Waals surface area contributed by atoms with E-state index in [0.29, 0.717) is 85.0 Å². The molecular weight excluding hydrogens is 968 g/mol. The Balaban J connectivity index is 0.928. The number of piperidine rings is 1. The van der Waals surface area contributed by atoms with E-state index < -0.39 is 43.3 Å². The van der Waals surface area contributed by atoms with Crippen molar-refractivity contribution >= 4 is 66.8 Å². The quantitative estimate of drug-likeness (QED) is 0.0231. The smallest absolute Gasteiger partial charge is 0.293 e. The third kappa shape index (κ3) is 12.5. The monoisotopic (exact) mass is 1020 g/mol. The van der Waals surface area contributed by atoms with Crippen molar-refractivity contribution in [2.75, 3.05) is 77.3 Å². The highest BCUT2D eigenvalue weighted by atomic mass is 32.2. The van der Waals surface area contributed by atoms with Gasteiger partial charge in [0, 0.05) is 104 Å². The van der Waals surface area contributed by atoms with E-state index in [-0.39, 0.29) is 28.4 Å². The average molecular weight is 1030 g/mol. The van der Waals surface area contributed by atoms with Gasteiger partial charge in [-0.1, -0.05) is 30.3 Å². The molecular formula is C51H57FN8O8S3. The van der Waals surface area contributed by atoms with Crippen molar-refractivity contribution in [3.8, 4) is 22.4 Å². The first-order valence-electron chi connectivity index (χ1n) is 23.3. The second kappa shape index (κ2) is 22.7. The molecule has 8 rings (SSSR count). The number of carbonyl (C=O) groups excluding carboxylic acids is 1. The highest BCUT2D eigenvalue weighted by molar-refractivity contribution is 7.99. The van der Waals surface area contributed by atoms with Crippen LogP contribution in [-0.2, 0) is 27.8 Å². The summed E-state index contributed by atoms with van der Waals surface area (Å²) in [5, 5.41) is 28.3. The molecule has 2 fully saturated rings. The van der Waals surface area contributed by atoms with Gasteiger partial charge in [0.25, 0.3) is 21.6 Å². The normalized spacial score (nSPS) is 15.2. The van der Waals surface area contributed by atoms with Gasteiger partial charge in [0.15, 0.2) is 10.7 Å². The molecule has 1 aromatic heterocycles. The van der Waals surface area contributed by atoms with Crippen molar-refractivity contribution in [2.45, 2.75) is 48.1 Å². The molecule has 374 valence electrons. The molecule has 20 heteroatoms. The van der Waals surface area contributed by atoms with E-state index in [1.807, 2.05) is 78.3 Å². The lowest BCUT2D eigenvalue weighted by atomic mass is 9.96. The van der Waals surface area contributed by atoms with Gasteiger partial charge in [0.05, 0.1) is 27.2 Å². The number of piperazine rings is 1. The Morgan fingerprint density at radius 1 is 0.859 bits per heavy atom. The van der Waals surface area contributed by atoms with Crippen molar-refractivity contribution in [3.63, 3.8) is 0 Å². The standard InChI is InChI=1S/C51H57FN8O8S3/c1-35-48(51(62)53-34-70(65)66)49(50(56(35)2)36-11-13-38(52)14-12-36)37-7-6-8-42(31-37)59-29-27-58(28-30-59)41-17-15-39(16-18-41)55-71(67,68)45-19-20-46(47(32-45)60(63)64)54-40(33-69-44-9-4-3-5-10-44)21-24-57-25-22-43(61)23-26-57/h3-20,31-32,40,43,54-55,61,70H,21-30,33-34H2,1-2H3,(H,53,62)/t40-/m1/s1. The number of likely N-dealkylation sites (tertiary alicyclic amines) is 1. The first-order valence-corrected chi connectivity index (χ1v) is 27.2. The lowest BCUT2D eigenvalue weighted by Gasteiger charge is -2.37. The maximum absolute atomic E-state index is 14.0. The van der Waals surface area contributed by atoms with E-state index in [0.717, 1.165) is 47.5 Å². The number of benzene rings is 5. The zero-order chi connectivity index (χ0) is 50.2. The summed E-state index contributed by atoms with van der Waals surface area (Å²) in [5.74, 6) is -0.827. The minimum atomic E-state index is -4.22. The molecule has 0 aliphatic carbocycles. The molecule has 1 amide bonds. The molecule has 1 atom stereocenters. The fourth-order valence-electron chi connectivity index (χ4n) is 9.13. The minimum absolute atomic E-state index is 0.171. The third-order valence-electron chi connectivity index (χ3n) is 13.0. The zero-order valence-corrected chi connectivity index (χ0v) is 41.9. The molecule has 71 heavy (non-hydrogen) atoms. The number of aromatic nitrogens is 1. The first kappa shape index (κ1) is 50.9. The third-order valence-corrected chi connectivity index (χ3v) is 16.0. The molecule has 6 aromatic rings. The Hall–Kier alpha value is -6.45. The van der Waals surface area contributed by atoms with Gasteiger partial charge in [0.2, 0.25) is 0 Å². The number of sulfonamides is 1. The topological polar surface area (TPSA) is 199 Å². The van der Waals surface area contributed by atoms with Gasteiger partial charge in [-0.25, -0.2) is 21.2 Å². The van der Waals surface area contributed by atoms with E-state index in [1.165, 1.54) is 24.3 Å². The number of thioether (sulfide) groups is 1. The maximum Gasteiger partial charge on any atom is 0.293 e. The zero-order valence-electron chi connectivity index (χ0n) is 39.4. The van der Waals surface area contributed by atoms with Gasteiger partial charge < -0.3 is 35.0 Å². The van der Waals surface area contributed by atoms with Crippen LogP contribution >= 0.6 is 11.8 Å². The van der Waals surface area contributed by atoms with Gasteiger partial charge in [0.1, 0.15) is 17.4 Å². The molecule has 16 nitrogen and oxygen atoms in total. The predicted octanol–water partition coefficient (Wildman–Crippen LogP) is 7.56. The van der Waals surface area contributed by atoms with Crippen LogP contribution in [0.3, 0.4) is 0 Å². The number of aliphatic hydroxyl groups is 1. The number of nitrogens with one attached hydrogen (secondary N) is 3. The minimum Gasteiger partial charge on any atom is -0.393 e. The number of hydrogen-bond donors (Lipinski definition) is 5. The number of thiol groups is 1. The molecule has 3 heterocycles. The summed E-state index contributed by atoms with van der Waals surface area (Å²) in [6, 6.07) is 34.4. The van der Waals surface area contributed by atoms with E-state index in [2.05, 4.69) is 30.1 Å². The summed E-state index contributed by atoms with van der Waals surface area (Å²) in [6.07, 6.45) is 1.81. The molecule has 0 bridgehead atoms. The van der Waals surface area contributed by atoms with Gasteiger partial charge in [-0.2, -0.15) is 0 Å². The molecule has 0 saturated carbocycles. The molecule has 0 radical (unpaired) electrons. The van der Waals surface area contributed by atoms with Gasteiger partial charge in [-0.15, -0.1) is 11.8 Å². The lowest BCUT2D eigenvalue weighted by molar-refractivity contribution is -0.384. The summed E-state index contributed by atoms with van der Waals surface area (Å²) < 4.78 is 68.7.